The second-order valence-electron chi connectivity index (χ2n) is 4.72. The second-order valence-corrected chi connectivity index (χ2v) is 4.72. The van der Waals surface area contributed by atoms with Crippen molar-refractivity contribution in [3.8, 4) is 0 Å². The predicted molar refractivity (Wildman–Crippen MR) is 90.5 cm³/mol. The van der Waals surface area contributed by atoms with E-state index in [0.29, 0.717) is 0 Å². The molecule has 0 radical (unpaired) electrons. The van der Waals surface area contributed by atoms with Gasteiger partial charge in [0.15, 0.2) is 0 Å². The van der Waals surface area contributed by atoms with E-state index >= 15 is 0 Å². The van der Waals surface area contributed by atoms with Crippen LogP contribution in [0.5, 0.6) is 0 Å². The van der Waals surface area contributed by atoms with Crippen molar-refractivity contribution in [1.29, 1.82) is 0 Å². The minimum atomic E-state index is 0.847. The van der Waals surface area contributed by atoms with Gasteiger partial charge in [-0.05, 0) is 48.5 Å². The van der Waals surface area contributed by atoms with Crippen molar-refractivity contribution in [2.24, 2.45) is 0 Å². The molecule has 0 saturated carbocycles. The van der Waals surface area contributed by atoms with Crippen LogP contribution in [0.4, 0.5) is 0 Å². The second kappa shape index (κ2) is 8.98. The van der Waals surface area contributed by atoms with E-state index < -0.39 is 0 Å². The zero-order valence-electron chi connectivity index (χ0n) is 12.7. The van der Waals surface area contributed by atoms with Gasteiger partial charge in [-0.15, -0.1) is 0 Å². The average molecular weight is 267 g/mol. The minimum absolute atomic E-state index is 0.847. The van der Waals surface area contributed by atoms with E-state index in [0.717, 1.165) is 24.8 Å². The molecule has 0 saturated heterocycles. The van der Waals surface area contributed by atoms with Crippen molar-refractivity contribution >= 4 is 0 Å². The van der Waals surface area contributed by atoms with Gasteiger partial charge in [-0.25, -0.2) is 0 Å². The number of allylic oxidation sites excluding steroid dienone is 11. The van der Waals surface area contributed by atoms with Gasteiger partial charge < -0.3 is 5.32 Å². The molecule has 1 N–H and O–H groups in total. The minimum Gasteiger partial charge on any atom is -0.393 e. The van der Waals surface area contributed by atoms with Crippen LogP contribution in [-0.4, -0.2) is 7.05 Å². The smallest absolute Gasteiger partial charge is 0.00438 e. The Morgan fingerprint density at radius 1 is 1.40 bits per heavy atom. The van der Waals surface area contributed by atoms with Crippen molar-refractivity contribution in [2.45, 2.75) is 26.2 Å². The molecular formula is C19H25N. The van der Waals surface area contributed by atoms with Gasteiger partial charge in [0.25, 0.3) is 0 Å². The Kier molecular flexibility index (Phi) is 7.20. The summed E-state index contributed by atoms with van der Waals surface area (Å²) in [5.41, 5.74) is 4.82. The zero-order chi connectivity index (χ0) is 14.8. The largest absolute Gasteiger partial charge is 0.393 e. The third kappa shape index (κ3) is 4.93. The molecule has 20 heavy (non-hydrogen) atoms. The molecule has 1 aliphatic carbocycles. The lowest BCUT2D eigenvalue weighted by atomic mass is 9.91. The number of hydrogen-bond donors (Lipinski definition) is 1. The van der Waals surface area contributed by atoms with Gasteiger partial charge in [-0.1, -0.05) is 55.7 Å². The Morgan fingerprint density at radius 3 is 2.75 bits per heavy atom. The maximum absolute atomic E-state index is 4.26. The van der Waals surface area contributed by atoms with E-state index in [2.05, 4.69) is 55.8 Å². The maximum Gasteiger partial charge on any atom is 0.00438 e. The van der Waals surface area contributed by atoms with Crippen LogP contribution >= 0.6 is 0 Å². The Bertz CT molecular complexity index is 496. The third-order valence-electron chi connectivity index (χ3n) is 3.21. The van der Waals surface area contributed by atoms with Crippen LogP contribution in [0, 0.1) is 0 Å². The number of nitrogens with one attached hydrogen (secondary N) is 1. The molecule has 0 aliphatic heterocycles. The quantitative estimate of drug-likeness (QED) is 0.640. The summed E-state index contributed by atoms with van der Waals surface area (Å²) in [6.45, 7) is 10.0. The molecule has 0 aromatic heterocycles. The summed E-state index contributed by atoms with van der Waals surface area (Å²) in [5.74, 6) is 0. The van der Waals surface area contributed by atoms with E-state index in [1.165, 1.54) is 16.7 Å². The maximum atomic E-state index is 4.26. The van der Waals surface area contributed by atoms with E-state index in [9.17, 15) is 0 Å². The molecule has 1 aliphatic rings. The van der Waals surface area contributed by atoms with Crippen molar-refractivity contribution < 1.29 is 0 Å². The van der Waals surface area contributed by atoms with Crippen molar-refractivity contribution in [3.05, 3.63) is 84.2 Å². The standard InChI is InChI=1S/C19H25N/c1-5-7-11-17(6-2)14-16(3)19(15-20-4)18-12-9-8-10-13-18/h5-7,9,11-13,15,20H,1,3,8,10,14H2,2,4H3/b11-7-,17-6+,19-15-. The fourth-order valence-electron chi connectivity index (χ4n) is 2.14. The lowest BCUT2D eigenvalue weighted by Gasteiger charge is -2.15. The number of rotatable bonds is 7. The molecule has 106 valence electrons. The average Bonchev–Trinajstić information content (AvgIpc) is 2.49. The van der Waals surface area contributed by atoms with Gasteiger partial charge in [0, 0.05) is 13.2 Å². The summed E-state index contributed by atoms with van der Waals surface area (Å²) >= 11 is 0. The molecule has 0 fully saturated rings. The van der Waals surface area contributed by atoms with E-state index in [1.807, 2.05) is 19.3 Å². The molecular weight excluding hydrogens is 242 g/mol. The Balaban J connectivity index is 2.88. The molecule has 0 bridgehead atoms. The highest BCUT2D eigenvalue weighted by Gasteiger charge is 2.09. The Hall–Kier alpha value is -2.02. The molecule has 0 aromatic rings. The van der Waals surface area contributed by atoms with Gasteiger partial charge in [0.2, 0.25) is 0 Å². The van der Waals surface area contributed by atoms with Crippen molar-refractivity contribution in [1.82, 2.24) is 5.32 Å². The highest BCUT2D eigenvalue weighted by Crippen LogP contribution is 2.27. The Labute approximate surface area is 123 Å². The molecule has 1 nitrogen and oxygen atoms in total. The van der Waals surface area contributed by atoms with Gasteiger partial charge in [0.1, 0.15) is 0 Å². The molecule has 0 aromatic carbocycles. The summed E-state index contributed by atoms with van der Waals surface area (Å²) < 4.78 is 0. The molecule has 0 heterocycles. The third-order valence-corrected chi connectivity index (χ3v) is 3.21. The molecule has 0 spiro atoms. The van der Waals surface area contributed by atoms with E-state index in [1.54, 1.807) is 6.08 Å². The first-order valence-corrected chi connectivity index (χ1v) is 7.09. The summed E-state index contributed by atoms with van der Waals surface area (Å²) in [6, 6.07) is 0. The fourth-order valence-corrected chi connectivity index (χ4v) is 2.14. The lowest BCUT2D eigenvalue weighted by molar-refractivity contribution is 1.00. The molecule has 0 amide bonds. The normalized spacial score (nSPS) is 16.2. The topological polar surface area (TPSA) is 12.0 Å². The first-order valence-electron chi connectivity index (χ1n) is 7.09. The van der Waals surface area contributed by atoms with Crippen molar-refractivity contribution in [3.63, 3.8) is 0 Å². The fraction of sp³-hybridized carbons (Fsp3) is 0.263. The summed E-state index contributed by atoms with van der Waals surface area (Å²) in [5, 5.41) is 3.13. The first-order chi connectivity index (χ1) is 9.72. The highest BCUT2D eigenvalue weighted by atomic mass is 14.8. The van der Waals surface area contributed by atoms with Gasteiger partial charge in [-0.3, -0.25) is 0 Å². The summed E-state index contributed by atoms with van der Waals surface area (Å²) in [7, 11) is 1.93. The number of hydrogen-bond acceptors (Lipinski definition) is 1. The molecule has 1 rings (SSSR count). The SMILES string of the molecule is C=C/C=C\C(=C/C)CC(=C)/C(=C/NC)C1=CCCC=C1. The van der Waals surface area contributed by atoms with Crippen LogP contribution in [0.3, 0.4) is 0 Å². The van der Waals surface area contributed by atoms with E-state index in [4.69, 9.17) is 0 Å². The van der Waals surface area contributed by atoms with Crippen molar-refractivity contribution in [2.75, 3.05) is 7.05 Å². The molecule has 1 heteroatoms. The van der Waals surface area contributed by atoms with Crippen LogP contribution < -0.4 is 5.32 Å². The van der Waals surface area contributed by atoms with Gasteiger partial charge >= 0.3 is 0 Å². The van der Waals surface area contributed by atoms with Crippen LogP contribution in [0.25, 0.3) is 0 Å². The zero-order valence-corrected chi connectivity index (χ0v) is 12.7. The van der Waals surface area contributed by atoms with Crippen LogP contribution in [-0.2, 0) is 0 Å². The van der Waals surface area contributed by atoms with Crippen LogP contribution in [0.1, 0.15) is 26.2 Å². The molecule has 0 atom stereocenters. The van der Waals surface area contributed by atoms with Crippen LogP contribution in [0.15, 0.2) is 84.2 Å². The predicted octanol–water partition coefficient (Wildman–Crippen LogP) is 5.00. The highest BCUT2D eigenvalue weighted by molar-refractivity contribution is 5.53. The molecule has 0 unspecified atom stereocenters. The summed E-state index contributed by atoms with van der Waals surface area (Å²) in [6.07, 6.45) is 19.8. The summed E-state index contributed by atoms with van der Waals surface area (Å²) in [4.78, 5) is 0. The lowest BCUT2D eigenvalue weighted by Crippen LogP contribution is -2.02. The first kappa shape index (κ1) is 16.0. The van der Waals surface area contributed by atoms with E-state index in [-0.39, 0.29) is 0 Å². The van der Waals surface area contributed by atoms with Crippen LogP contribution in [0.2, 0.25) is 0 Å². The Morgan fingerprint density at radius 2 is 2.20 bits per heavy atom. The van der Waals surface area contributed by atoms with Gasteiger partial charge in [-0.2, -0.15) is 0 Å². The van der Waals surface area contributed by atoms with Gasteiger partial charge in [0.05, 0.1) is 0 Å². The monoisotopic (exact) mass is 267 g/mol.